The number of benzene rings is 3. The van der Waals surface area contributed by atoms with E-state index in [-0.39, 0.29) is 76.2 Å². The van der Waals surface area contributed by atoms with E-state index in [4.69, 9.17) is 11.5 Å². The van der Waals surface area contributed by atoms with E-state index in [1.807, 2.05) is 0 Å². The van der Waals surface area contributed by atoms with Gasteiger partial charge in [0.05, 0.1) is 39.3 Å². The minimum Gasteiger partial charge on any atom is -0.744 e. The number of anilines is 5. The summed E-state index contributed by atoms with van der Waals surface area (Å²) in [6.07, 6.45) is 4.85. The van der Waals surface area contributed by atoms with Gasteiger partial charge in [0, 0.05) is 11.3 Å². The molecule has 0 atom stereocenters. The Morgan fingerprint density at radius 1 is 0.774 bits per heavy atom. The third-order valence-electron chi connectivity index (χ3n) is 6.76. The van der Waals surface area contributed by atoms with Crippen molar-refractivity contribution in [1.82, 2.24) is 5.43 Å². The molecule has 3 aromatic rings. The largest absolute Gasteiger partial charge is 1.00 e. The summed E-state index contributed by atoms with van der Waals surface area (Å²) in [6, 6.07) is 12.5. The number of hydrogen-bond donors (Lipinski definition) is 6. The number of nitrogens with one attached hydrogen (secondary N) is 4. The van der Waals surface area contributed by atoms with E-state index in [9.17, 15) is 42.0 Å². The Bertz CT molecular complexity index is 2540. The van der Waals surface area contributed by atoms with Crippen molar-refractivity contribution in [2.45, 2.75) is 0 Å². The Labute approximate surface area is 342 Å². The molecule has 0 saturated heterocycles. The summed E-state index contributed by atoms with van der Waals surface area (Å²) in [4.78, 5) is 60.4. The molecule has 0 heterocycles. The van der Waals surface area contributed by atoms with Gasteiger partial charge in [-0.1, -0.05) is 0 Å². The van der Waals surface area contributed by atoms with Crippen LogP contribution in [0, 0.1) is 0 Å². The van der Waals surface area contributed by atoms with Crippen LogP contribution in [0.15, 0.2) is 131 Å². The normalized spacial score (nSPS) is 16.2. The van der Waals surface area contributed by atoms with E-state index in [1.165, 1.54) is 48.5 Å². The summed E-state index contributed by atoms with van der Waals surface area (Å²) in [5.74, 6) is -3.27. The molecular weight excluding hydrogens is 734 g/mol. The van der Waals surface area contributed by atoms with Gasteiger partial charge >= 0.3 is 59.1 Å². The van der Waals surface area contributed by atoms with Crippen LogP contribution in [-0.4, -0.2) is 41.9 Å². The predicted molar refractivity (Wildman–Crippen MR) is 181 cm³/mol. The number of Topliss-reactive ketones (excluding diaryl/α,β-unsaturated/α-hetero) is 1. The van der Waals surface area contributed by atoms with Gasteiger partial charge in [0.2, 0.25) is 16.6 Å². The molecule has 22 heteroatoms. The Balaban J connectivity index is 0.00000378. The van der Waals surface area contributed by atoms with Gasteiger partial charge < -0.3 is 25.9 Å². The number of carboxylic acid groups (broad SMARTS) is 1. The van der Waals surface area contributed by atoms with E-state index in [1.54, 1.807) is 0 Å². The van der Waals surface area contributed by atoms with Crippen LogP contribution in [-0.2, 0) is 24.5 Å². The third-order valence-corrected chi connectivity index (χ3v) is 7.57. The number of allylic oxidation sites excluding steroid dienone is 6. The van der Waals surface area contributed by atoms with Crippen LogP contribution in [0.1, 0.15) is 0 Å². The van der Waals surface area contributed by atoms with E-state index in [0.717, 1.165) is 30.4 Å². The van der Waals surface area contributed by atoms with Gasteiger partial charge in [-0.05, 0) is 85.0 Å². The van der Waals surface area contributed by atoms with Crippen LogP contribution in [0.2, 0.25) is 0 Å². The maximum absolute atomic E-state index is 13.1. The van der Waals surface area contributed by atoms with Gasteiger partial charge in [-0.2, -0.15) is 10.2 Å². The number of hydrazine groups is 1. The number of ketones is 2. The molecule has 2 aliphatic rings. The summed E-state index contributed by atoms with van der Waals surface area (Å²) < 4.78 is 35.4. The van der Waals surface area contributed by atoms with Crippen molar-refractivity contribution in [2.24, 2.45) is 20.4 Å². The molecule has 0 saturated carbocycles. The van der Waals surface area contributed by atoms with Crippen LogP contribution < -0.4 is 119 Å². The van der Waals surface area contributed by atoms with Crippen molar-refractivity contribution in [3.05, 3.63) is 132 Å². The third kappa shape index (κ3) is 10.6. The predicted octanol–water partition coefficient (Wildman–Crippen LogP) is -8.27. The zero-order valence-electron chi connectivity index (χ0n) is 27.6. The monoisotopic (exact) mass is 756 g/mol. The fourth-order valence-corrected chi connectivity index (χ4v) is 4.70. The summed E-state index contributed by atoms with van der Waals surface area (Å²) in [5, 5.41) is 25.3. The molecule has 19 nitrogen and oxygen atoms in total. The molecule has 2 aliphatic carbocycles. The number of carbonyl (C=O) groups excluding carboxylic acids is 3. The quantitative estimate of drug-likeness (QED) is 0.0213. The smallest absolute Gasteiger partial charge is 0.744 e. The first-order valence-electron chi connectivity index (χ1n) is 14.2. The number of nitrogens with two attached hydrogens (primary N) is 2. The molecule has 0 aliphatic heterocycles. The van der Waals surface area contributed by atoms with E-state index in [0.29, 0.717) is 23.1 Å². The average Bonchev–Trinajstić information content (AvgIpc) is 3.08. The Kier molecular flexibility index (Phi) is 14.3. The maximum atomic E-state index is 13.1. The molecule has 258 valence electrons. The fraction of sp³-hybridized carbons (Fsp3) is 0. The van der Waals surface area contributed by atoms with Crippen LogP contribution in [0.5, 0.6) is 0 Å². The molecule has 5 rings (SSSR count). The van der Waals surface area contributed by atoms with E-state index in [2.05, 4.69) is 42.1 Å². The molecule has 3 aromatic carbocycles. The fourth-order valence-electron chi connectivity index (χ4n) is 4.18. The Morgan fingerprint density at radius 2 is 1.43 bits per heavy atom. The van der Waals surface area contributed by atoms with E-state index >= 15 is 0 Å². The SMILES string of the molecule is Nc1ccc(NNC2=CC(S(=O)(=O)[O-])=CC(=NN=c3ccc(=O)c(=NNc4ccc(NN=C5C=CC(=O)C(C(=O)[O-])=C5)cc4)c3=O)C2=O)c(N)c1.[Na+].[Na+]. The first-order chi connectivity index (χ1) is 24.2. The zero-order chi connectivity index (χ0) is 36.9. The second-order valence-electron chi connectivity index (χ2n) is 10.3. The molecular formula is C31H22N10Na2O9S. The van der Waals surface area contributed by atoms with Crippen molar-refractivity contribution in [3.63, 3.8) is 0 Å². The zero-order valence-corrected chi connectivity index (χ0v) is 32.4. The van der Waals surface area contributed by atoms with Crippen LogP contribution in [0.3, 0.4) is 0 Å². The van der Waals surface area contributed by atoms with Gasteiger partial charge in [0.25, 0.3) is 0 Å². The number of carbonyl (C=O) groups is 3. The number of hydrogen-bond acceptors (Lipinski definition) is 19. The number of hydrazone groups is 1. The first kappa shape index (κ1) is 42.1. The van der Waals surface area contributed by atoms with Gasteiger partial charge in [-0.25, -0.2) is 8.42 Å². The molecule has 53 heavy (non-hydrogen) atoms. The number of nitrogen functional groups attached to an aromatic ring is 2. The molecule has 0 amide bonds. The maximum Gasteiger partial charge on any atom is 1.00 e. The number of nitrogens with zero attached hydrogens (tertiary/aromatic N) is 4. The first-order valence-corrected chi connectivity index (χ1v) is 15.6. The van der Waals surface area contributed by atoms with E-state index < -0.39 is 71.1 Å². The van der Waals surface area contributed by atoms with Crippen molar-refractivity contribution in [3.8, 4) is 0 Å². The summed E-state index contributed by atoms with van der Waals surface area (Å²) in [7, 11) is -5.09. The van der Waals surface area contributed by atoms with Gasteiger partial charge in [-0.15, -0.1) is 10.2 Å². The molecule has 0 spiro atoms. The summed E-state index contributed by atoms with van der Waals surface area (Å²) in [6.45, 7) is 0. The minimum atomic E-state index is -5.09. The molecule has 0 fully saturated rings. The average molecular weight is 757 g/mol. The van der Waals surface area contributed by atoms with Gasteiger partial charge in [0.1, 0.15) is 26.9 Å². The van der Waals surface area contributed by atoms with Crippen LogP contribution >= 0.6 is 0 Å². The van der Waals surface area contributed by atoms with Gasteiger partial charge in [-0.3, -0.25) is 40.9 Å². The molecule has 0 bridgehead atoms. The number of rotatable bonds is 10. The Morgan fingerprint density at radius 3 is 2.06 bits per heavy atom. The van der Waals surface area contributed by atoms with Crippen molar-refractivity contribution in [2.75, 3.05) is 27.7 Å². The topological polar surface area (TPSA) is 315 Å². The molecule has 0 aromatic heterocycles. The van der Waals surface area contributed by atoms with Crippen LogP contribution in [0.4, 0.5) is 28.4 Å². The summed E-state index contributed by atoms with van der Waals surface area (Å²) in [5.41, 5.74) is 20.2. The minimum absolute atomic E-state index is 0. The van der Waals surface area contributed by atoms with Crippen molar-refractivity contribution >= 4 is 67.5 Å². The van der Waals surface area contributed by atoms with Crippen molar-refractivity contribution in [1.29, 1.82) is 0 Å². The van der Waals surface area contributed by atoms with Crippen molar-refractivity contribution < 1.29 is 91.6 Å². The summed E-state index contributed by atoms with van der Waals surface area (Å²) >= 11 is 0. The second-order valence-corrected chi connectivity index (χ2v) is 11.7. The Hall–Kier alpha value is -5.32. The van der Waals surface area contributed by atoms with Gasteiger partial charge in [0.15, 0.2) is 11.1 Å². The number of carboxylic acids is 1. The number of aliphatic carboxylic acids is 1. The molecule has 0 radical (unpaired) electrons. The second kappa shape index (κ2) is 17.9. The molecule has 8 N–H and O–H groups in total. The molecule has 0 unspecified atom stereocenters. The van der Waals surface area contributed by atoms with Crippen LogP contribution in [0.25, 0.3) is 0 Å². The standard InChI is InChI=1S/C31H24N10O9S.2Na/c32-15-1-7-22(21(33)11-15)37-39-24-13-19(51(48,49)50)14-25(29(24)44)40-38-23-8-10-27(43)28(30(23)45)41-35-17-4-2-16(3-5-17)34-36-18-6-9-26(42)20(12-18)31(46)47;;/h1-14,34-35,37,39H,32-33H2,(H,46,47)(H,48,49,50);;/q;2*+1/p-2.